The molecule has 12 heterocycles. The van der Waals surface area contributed by atoms with E-state index >= 15 is 0 Å². The summed E-state index contributed by atoms with van der Waals surface area (Å²) in [7, 11) is 3.70. The lowest BCUT2D eigenvalue weighted by Crippen LogP contribution is -2.35. The van der Waals surface area contributed by atoms with E-state index in [9.17, 15) is 71.9 Å². The molecule has 0 spiro atoms. The number of pyridine rings is 4. The minimum Gasteiger partial charge on any atom is -0.396 e. The van der Waals surface area contributed by atoms with Crippen LogP contribution in [-0.2, 0) is 68.3 Å². The fourth-order valence-electron chi connectivity index (χ4n) is 16.6. The Morgan fingerprint density at radius 1 is 0.401 bits per heavy atom. The standard InChI is InChI=1S/C30H25F3N6O.C30H26F3N3O2.C30H26F3N3O.C23H16F3N5O/c1-20-4-5-23(15-22(20)6-7-25-17-36-28-18-34-8-10-38(25)28)27(40)14-21-12-24(30(31,32)33)16-26(13-21)39-11-9-35-29(39)19-37(2)3;1-21-5-6-25(18-24(21)7-8-27-19-34-29-4-2-3-9-36(27)29)28(37)17-22-14-23(16-26(15-22)30(31,32)33)20-35-10-12-38-13-11-35;1-21-7-9-24(18-23(21)11-12-26-19-34-29-6-2-3-15-36(26)29)28(37)17-22-8-10-25(20-35-13-4-5-14-35)27(16-22)30(31,32)33;1-14-4-5-16(22(32)30-20-12-17(8-9-28-20)23(24,25)26)11-15(14)6-7-18-13-29-21-19(27)3-2-10-31(18)21/h4-5,8-13,15-18H,14,19H2,1-3H3;2-6,9,14-16,18-19H,10-13,17,20H2,1H3;2-3,6-10,15-16,18-19H,4-5,13-14,17,20H2,1H3;2-5,8-13H,27H2,1H3,(H,28,30,32). The number of carbonyl (C=O) groups excluding carboxylic acids is 4. The molecule has 0 radical (unpaired) electrons. The zero-order chi connectivity index (χ0) is 104. The highest BCUT2D eigenvalue weighted by molar-refractivity contribution is 6.04. The summed E-state index contributed by atoms with van der Waals surface area (Å²) in [6.07, 6.45) is 4.85. The van der Waals surface area contributed by atoms with E-state index < -0.39 is 52.9 Å². The molecule has 2 aliphatic rings. The molecule has 17 aromatic rings. The van der Waals surface area contributed by atoms with Gasteiger partial charge in [-0.25, -0.2) is 29.9 Å². The van der Waals surface area contributed by atoms with Crippen molar-refractivity contribution in [3.8, 4) is 53.1 Å². The monoisotopic (exact) mass is 2000 g/mol. The van der Waals surface area contributed by atoms with Crippen LogP contribution in [0.3, 0.4) is 0 Å². The van der Waals surface area contributed by atoms with Crippen LogP contribution in [-0.4, -0.2) is 149 Å². The number of imidazole rings is 5. The average Bonchev–Trinajstić information content (AvgIpc) is 1.69. The van der Waals surface area contributed by atoms with Crippen molar-refractivity contribution in [3.05, 3.63) is 414 Å². The summed E-state index contributed by atoms with van der Waals surface area (Å²) in [5, 5.41) is 2.39. The Kier molecular flexibility index (Phi) is 31.5. The number of carbonyl (C=O) groups is 4. The Bertz CT molecular complexity index is 8110. The maximum atomic E-state index is 13.8. The summed E-state index contributed by atoms with van der Waals surface area (Å²) < 4.78 is 177. The molecule has 3 N–H and O–H groups in total. The number of hydrogen-bond donors (Lipinski definition) is 2. The topological polar surface area (TPSA) is 238 Å². The van der Waals surface area contributed by atoms with E-state index in [4.69, 9.17) is 10.5 Å². The van der Waals surface area contributed by atoms with Gasteiger partial charge in [0.25, 0.3) is 5.91 Å². The number of anilines is 2. The molecular formula is C113H93F12N17O5. The molecule has 2 fully saturated rings. The van der Waals surface area contributed by atoms with Crippen molar-refractivity contribution in [2.75, 3.05) is 64.5 Å². The normalized spacial score (nSPS) is 12.8. The maximum Gasteiger partial charge on any atom is 0.416 e. The number of Topliss-reactive ketones (excluding diaryl/α,β-unsaturated/α-hetero) is 3. The Morgan fingerprint density at radius 3 is 1.41 bits per heavy atom. The van der Waals surface area contributed by atoms with Gasteiger partial charge >= 0.3 is 24.7 Å². The molecule has 7 aromatic carbocycles. The van der Waals surface area contributed by atoms with Crippen LogP contribution in [0.15, 0.2) is 269 Å². The van der Waals surface area contributed by atoms with Gasteiger partial charge in [-0.3, -0.25) is 51.6 Å². The van der Waals surface area contributed by atoms with E-state index in [0.717, 1.165) is 108 Å². The van der Waals surface area contributed by atoms with Crippen LogP contribution in [0.4, 0.5) is 64.2 Å². The summed E-state index contributed by atoms with van der Waals surface area (Å²) in [5.74, 6) is 23.7. The second-order valence-electron chi connectivity index (χ2n) is 35.4. The number of ketones is 3. The lowest BCUT2D eigenvalue weighted by Gasteiger charge is -2.27. The van der Waals surface area contributed by atoms with Gasteiger partial charge < -0.3 is 25.3 Å². The Balaban J connectivity index is 0.000000140. The van der Waals surface area contributed by atoms with Gasteiger partial charge in [0.2, 0.25) is 0 Å². The van der Waals surface area contributed by atoms with Crippen LogP contribution in [0, 0.1) is 75.1 Å². The van der Waals surface area contributed by atoms with E-state index in [0.29, 0.717) is 141 Å². The Morgan fingerprint density at radius 2 is 0.878 bits per heavy atom. The third-order valence-corrected chi connectivity index (χ3v) is 24.3. The number of halogens is 12. The number of nitrogens with zero attached hydrogens (tertiary/aromatic N) is 15. The highest BCUT2D eigenvalue weighted by Crippen LogP contribution is 2.38. The molecule has 2 aliphatic heterocycles. The van der Waals surface area contributed by atoms with Crippen LogP contribution >= 0.6 is 0 Å². The number of fused-ring (bicyclic) bond motifs is 4. The van der Waals surface area contributed by atoms with E-state index in [1.165, 1.54) is 12.1 Å². The van der Waals surface area contributed by atoms with E-state index in [2.05, 4.69) is 92.5 Å². The molecule has 0 atom stereocenters. The maximum absolute atomic E-state index is 13.8. The minimum atomic E-state index is -4.57. The number of hydrogen-bond acceptors (Lipinski definition) is 16. The number of amides is 1. The van der Waals surface area contributed by atoms with Crippen LogP contribution in [0.1, 0.15) is 177 Å². The lowest BCUT2D eigenvalue weighted by molar-refractivity contribution is -0.139. The third kappa shape index (κ3) is 26.2. The van der Waals surface area contributed by atoms with Crippen LogP contribution in [0.25, 0.3) is 28.3 Å². The van der Waals surface area contributed by atoms with Crippen LogP contribution in [0.2, 0.25) is 0 Å². The molecule has 34 heteroatoms. The van der Waals surface area contributed by atoms with Crippen molar-refractivity contribution < 1.29 is 76.6 Å². The third-order valence-electron chi connectivity index (χ3n) is 24.3. The molecule has 2 saturated heterocycles. The molecule has 10 aromatic heterocycles. The fourth-order valence-corrected chi connectivity index (χ4v) is 16.6. The summed E-state index contributed by atoms with van der Waals surface area (Å²) in [4.78, 5) is 87.4. The lowest BCUT2D eigenvalue weighted by atomic mass is 9.96. The SMILES string of the molecule is Cc1ccc(C(=O)Cc2cc(-n3ccnc3CN(C)C)cc(C(F)(F)F)c2)cc1C#Cc1cnc2cnccn12.Cc1ccc(C(=O)Cc2cc(CN3CCOCC3)cc(C(F)(F)F)c2)cc1C#Cc1cnc2ccccn12.Cc1ccc(C(=O)Cc2ccc(CN3CCCC3)c(C(F)(F)F)c2)cc1C#Cc1cnc2ccccn12.Cc1ccc(C(=O)Nc2cc(C(F)(F)F)ccn2)cc1C#Cc1cnc2c(N)cccn12. The fraction of sp³-hybridized carbons (Fsp3) is 0.212. The van der Waals surface area contributed by atoms with Crippen LogP contribution < -0.4 is 11.1 Å². The molecular weight excluding hydrogens is 1900 g/mol. The summed E-state index contributed by atoms with van der Waals surface area (Å²) in [6.45, 7) is 12.7. The average molecular weight is 2000 g/mol. The van der Waals surface area contributed by atoms with Gasteiger partial charge in [-0.15, -0.1) is 0 Å². The van der Waals surface area contributed by atoms with Gasteiger partial charge in [-0.05, 0) is 257 Å². The van der Waals surface area contributed by atoms with Crippen molar-refractivity contribution in [1.29, 1.82) is 0 Å². The first-order chi connectivity index (χ1) is 70.3. The molecule has 0 bridgehead atoms. The summed E-state index contributed by atoms with van der Waals surface area (Å²) >= 11 is 0. The van der Waals surface area contributed by atoms with Crippen molar-refractivity contribution in [2.45, 2.75) is 104 Å². The Hall–Kier alpha value is -16.9. The number of benzene rings is 7. The highest BCUT2D eigenvalue weighted by Gasteiger charge is 2.37. The molecule has 1 amide bonds. The van der Waals surface area contributed by atoms with E-state index in [1.54, 1.807) is 166 Å². The quantitative estimate of drug-likeness (QED) is 0.0461. The Labute approximate surface area is 837 Å². The van der Waals surface area contributed by atoms with Crippen molar-refractivity contribution in [2.24, 2.45) is 0 Å². The second kappa shape index (κ2) is 45.0. The molecule has 0 aliphatic carbocycles. The first-order valence-corrected chi connectivity index (χ1v) is 46.4. The molecule has 19 rings (SSSR count). The van der Waals surface area contributed by atoms with Crippen molar-refractivity contribution in [3.63, 3.8) is 0 Å². The number of nitrogens with one attached hydrogen (secondary N) is 1. The van der Waals surface area contributed by atoms with Gasteiger partial charge in [-0.1, -0.05) is 96.5 Å². The molecule has 147 heavy (non-hydrogen) atoms. The van der Waals surface area contributed by atoms with Gasteiger partial charge in [0.15, 0.2) is 28.6 Å². The number of nitrogens with two attached hydrogens (primary N) is 1. The zero-order valence-electron chi connectivity index (χ0n) is 80.2. The largest absolute Gasteiger partial charge is 0.416 e. The van der Waals surface area contributed by atoms with Gasteiger partial charge in [0.05, 0.1) is 78.7 Å². The highest BCUT2D eigenvalue weighted by atomic mass is 19.4. The molecule has 22 nitrogen and oxygen atoms in total. The van der Waals surface area contributed by atoms with E-state index in [1.807, 2.05) is 121 Å². The van der Waals surface area contributed by atoms with Gasteiger partial charge in [-0.2, -0.15) is 52.7 Å². The smallest absolute Gasteiger partial charge is 0.396 e. The molecule has 744 valence electrons. The summed E-state index contributed by atoms with van der Waals surface area (Å²) in [6, 6.07) is 48.8. The number of rotatable bonds is 18. The number of nitrogen functional groups attached to an aromatic ring is 1. The number of likely N-dealkylation sites (tertiary alicyclic amines) is 1. The number of aryl methyl sites for hydroxylation is 4. The zero-order valence-corrected chi connectivity index (χ0v) is 80.2. The van der Waals surface area contributed by atoms with Crippen LogP contribution in [0.5, 0.6) is 0 Å². The molecule has 0 saturated carbocycles. The number of aromatic nitrogens is 12. The first-order valence-electron chi connectivity index (χ1n) is 46.4. The predicted octanol–water partition coefficient (Wildman–Crippen LogP) is 20.8. The van der Waals surface area contributed by atoms with Gasteiger partial charge in [0.1, 0.15) is 45.7 Å². The summed E-state index contributed by atoms with van der Waals surface area (Å²) in [5.41, 5.74) is 18.4. The van der Waals surface area contributed by atoms with Gasteiger partial charge in [0, 0.05) is 145 Å². The van der Waals surface area contributed by atoms with E-state index in [-0.39, 0.29) is 65.7 Å². The predicted molar refractivity (Wildman–Crippen MR) is 532 cm³/mol. The number of alkyl halides is 12. The van der Waals surface area contributed by atoms with Crippen molar-refractivity contribution >= 4 is 57.4 Å². The number of morpholine rings is 1. The minimum absolute atomic E-state index is 0.115. The second-order valence-corrected chi connectivity index (χ2v) is 35.4. The number of ether oxygens (including phenoxy) is 1. The van der Waals surface area contributed by atoms with Crippen molar-refractivity contribution in [1.82, 2.24) is 71.8 Å². The molecule has 0 unspecified atom stereocenters. The first kappa shape index (κ1) is 103.